The molecule has 2 bridgehead atoms. The molecule has 1 amide bonds. The van der Waals surface area contributed by atoms with Crippen molar-refractivity contribution in [3.63, 3.8) is 0 Å². The van der Waals surface area contributed by atoms with Crippen LogP contribution in [0.25, 0.3) is 0 Å². The maximum Gasteiger partial charge on any atom is 0.220 e. The lowest BCUT2D eigenvalue weighted by Gasteiger charge is -2.19. The van der Waals surface area contributed by atoms with E-state index < -0.39 is 0 Å². The lowest BCUT2D eigenvalue weighted by molar-refractivity contribution is -0.122. The van der Waals surface area contributed by atoms with Gasteiger partial charge in [0.15, 0.2) is 0 Å². The van der Waals surface area contributed by atoms with Gasteiger partial charge in [0.2, 0.25) is 5.91 Å². The number of rotatable bonds is 8. The Morgan fingerprint density at radius 2 is 2.16 bits per heavy atom. The standard InChI is InChI=1S/C17H29NO/c1-3-5-6-13(4-2)12-18-17(19)11-16-10-14-7-8-15(16)9-14/h7-8,13-16H,3-6,9-12H2,1-2H3,(H,18,19). The monoisotopic (exact) mass is 263 g/mol. The molecule has 0 saturated heterocycles. The van der Waals surface area contributed by atoms with Crippen molar-refractivity contribution in [3.8, 4) is 0 Å². The quantitative estimate of drug-likeness (QED) is 0.661. The molecule has 108 valence electrons. The molecule has 0 spiro atoms. The molecule has 2 aliphatic rings. The molecule has 2 aliphatic carbocycles. The van der Waals surface area contributed by atoms with Crippen LogP contribution in [0.2, 0.25) is 0 Å². The van der Waals surface area contributed by atoms with E-state index in [4.69, 9.17) is 0 Å². The summed E-state index contributed by atoms with van der Waals surface area (Å²) in [5, 5.41) is 3.17. The summed E-state index contributed by atoms with van der Waals surface area (Å²) in [5.41, 5.74) is 0. The average molecular weight is 263 g/mol. The molecule has 2 heteroatoms. The van der Waals surface area contributed by atoms with Crippen molar-refractivity contribution in [1.82, 2.24) is 5.32 Å². The van der Waals surface area contributed by atoms with Gasteiger partial charge in [-0.25, -0.2) is 0 Å². The number of fused-ring (bicyclic) bond motifs is 2. The van der Waals surface area contributed by atoms with Crippen LogP contribution in [0, 0.1) is 23.7 Å². The molecular formula is C17H29NO. The molecule has 1 saturated carbocycles. The summed E-state index contributed by atoms with van der Waals surface area (Å²) in [4.78, 5) is 12.0. The molecule has 4 atom stereocenters. The molecule has 0 aromatic carbocycles. The Bertz CT molecular complexity index is 323. The van der Waals surface area contributed by atoms with Gasteiger partial charge in [-0.05, 0) is 42.9 Å². The van der Waals surface area contributed by atoms with Crippen LogP contribution < -0.4 is 5.32 Å². The minimum Gasteiger partial charge on any atom is -0.356 e. The lowest BCUT2D eigenvalue weighted by Crippen LogP contribution is -2.31. The van der Waals surface area contributed by atoms with Crippen molar-refractivity contribution >= 4 is 5.91 Å². The predicted octanol–water partition coefficient (Wildman–Crippen LogP) is 3.92. The van der Waals surface area contributed by atoms with E-state index in [1.807, 2.05) is 0 Å². The number of carbonyl (C=O) groups is 1. The van der Waals surface area contributed by atoms with Crippen molar-refractivity contribution in [1.29, 1.82) is 0 Å². The van der Waals surface area contributed by atoms with E-state index in [0.29, 0.717) is 17.8 Å². The minimum atomic E-state index is 0.279. The molecule has 1 fully saturated rings. The van der Waals surface area contributed by atoms with E-state index >= 15 is 0 Å². The van der Waals surface area contributed by atoms with Crippen LogP contribution in [0.4, 0.5) is 0 Å². The average Bonchev–Trinajstić information content (AvgIpc) is 3.01. The second-order valence-electron chi connectivity index (χ2n) is 6.47. The number of hydrogen-bond donors (Lipinski definition) is 1. The molecule has 0 radical (unpaired) electrons. The molecule has 0 aromatic rings. The lowest BCUT2D eigenvalue weighted by atomic mass is 9.90. The number of unbranched alkanes of at least 4 members (excludes halogenated alkanes) is 1. The highest BCUT2D eigenvalue weighted by Gasteiger charge is 2.36. The number of hydrogen-bond acceptors (Lipinski definition) is 1. The highest BCUT2D eigenvalue weighted by molar-refractivity contribution is 5.76. The molecule has 2 rings (SSSR count). The number of allylic oxidation sites excluding steroid dienone is 2. The second-order valence-corrected chi connectivity index (χ2v) is 6.47. The Morgan fingerprint density at radius 3 is 2.74 bits per heavy atom. The predicted molar refractivity (Wildman–Crippen MR) is 79.8 cm³/mol. The molecule has 0 aromatic heterocycles. The van der Waals surface area contributed by atoms with Crippen LogP contribution in [-0.2, 0) is 4.79 Å². The molecule has 0 heterocycles. The Labute approximate surface area is 118 Å². The van der Waals surface area contributed by atoms with Gasteiger partial charge in [-0.1, -0.05) is 45.3 Å². The molecule has 0 aliphatic heterocycles. The van der Waals surface area contributed by atoms with Gasteiger partial charge in [-0.15, -0.1) is 0 Å². The summed E-state index contributed by atoms with van der Waals surface area (Å²) in [6.07, 6.45) is 12.9. The molecular weight excluding hydrogens is 234 g/mol. The van der Waals surface area contributed by atoms with Crippen LogP contribution in [0.5, 0.6) is 0 Å². The van der Waals surface area contributed by atoms with Crippen LogP contribution in [0.15, 0.2) is 12.2 Å². The maximum absolute atomic E-state index is 12.0. The zero-order chi connectivity index (χ0) is 13.7. The zero-order valence-electron chi connectivity index (χ0n) is 12.5. The van der Waals surface area contributed by atoms with Gasteiger partial charge >= 0.3 is 0 Å². The van der Waals surface area contributed by atoms with E-state index in [1.54, 1.807) is 0 Å². The van der Waals surface area contributed by atoms with Crippen molar-refractivity contribution < 1.29 is 4.79 Å². The Balaban J connectivity index is 1.65. The van der Waals surface area contributed by atoms with Crippen LogP contribution in [-0.4, -0.2) is 12.5 Å². The van der Waals surface area contributed by atoms with E-state index in [-0.39, 0.29) is 5.91 Å². The molecule has 1 N–H and O–H groups in total. The topological polar surface area (TPSA) is 29.1 Å². The Morgan fingerprint density at radius 1 is 1.32 bits per heavy atom. The van der Waals surface area contributed by atoms with E-state index in [9.17, 15) is 4.79 Å². The third-order valence-electron chi connectivity index (χ3n) is 5.00. The summed E-state index contributed by atoms with van der Waals surface area (Å²) in [5.74, 6) is 3.03. The summed E-state index contributed by atoms with van der Waals surface area (Å²) in [6, 6.07) is 0. The van der Waals surface area contributed by atoms with Crippen LogP contribution >= 0.6 is 0 Å². The van der Waals surface area contributed by atoms with Gasteiger partial charge in [0, 0.05) is 13.0 Å². The third kappa shape index (κ3) is 4.09. The number of carbonyl (C=O) groups excluding carboxylic acids is 1. The minimum absolute atomic E-state index is 0.279. The largest absolute Gasteiger partial charge is 0.356 e. The van der Waals surface area contributed by atoms with Crippen LogP contribution in [0.1, 0.15) is 58.8 Å². The first-order valence-electron chi connectivity index (χ1n) is 8.17. The van der Waals surface area contributed by atoms with Crippen molar-refractivity contribution in [3.05, 3.63) is 12.2 Å². The number of nitrogens with one attached hydrogen (secondary N) is 1. The molecule has 2 nitrogen and oxygen atoms in total. The number of amides is 1. The summed E-state index contributed by atoms with van der Waals surface area (Å²) < 4.78 is 0. The SMILES string of the molecule is CCCCC(CC)CNC(=O)CC1CC2C=CC1C2. The van der Waals surface area contributed by atoms with Crippen molar-refractivity contribution in [2.24, 2.45) is 23.7 Å². The summed E-state index contributed by atoms with van der Waals surface area (Å²) >= 11 is 0. The van der Waals surface area contributed by atoms with Gasteiger partial charge in [0.25, 0.3) is 0 Å². The molecule has 4 unspecified atom stereocenters. The van der Waals surface area contributed by atoms with Gasteiger partial charge in [-0.3, -0.25) is 4.79 Å². The molecule has 19 heavy (non-hydrogen) atoms. The normalized spacial score (nSPS) is 29.7. The fourth-order valence-electron chi connectivity index (χ4n) is 3.64. The smallest absolute Gasteiger partial charge is 0.220 e. The van der Waals surface area contributed by atoms with Gasteiger partial charge in [0.1, 0.15) is 0 Å². The highest BCUT2D eigenvalue weighted by atomic mass is 16.1. The fourth-order valence-corrected chi connectivity index (χ4v) is 3.64. The summed E-state index contributed by atoms with van der Waals surface area (Å²) in [6.45, 7) is 5.34. The first-order valence-corrected chi connectivity index (χ1v) is 8.17. The first kappa shape index (κ1) is 14.6. The first-order chi connectivity index (χ1) is 9.22. The van der Waals surface area contributed by atoms with Gasteiger partial charge in [-0.2, -0.15) is 0 Å². The van der Waals surface area contributed by atoms with Crippen molar-refractivity contribution in [2.75, 3.05) is 6.54 Å². The Kier molecular flexibility index (Phi) is 5.47. The maximum atomic E-state index is 12.0. The zero-order valence-corrected chi connectivity index (χ0v) is 12.5. The second kappa shape index (κ2) is 7.12. The van der Waals surface area contributed by atoms with E-state index in [0.717, 1.165) is 18.9 Å². The van der Waals surface area contributed by atoms with E-state index in [1.165, 1.54) is 38.5 Å². The van der Waals surface area contributed by atoms with E-state index in [2.05, 4.69) is 31.3 Å². The van der Waals surface area contributed by atoms with Crippen LogP contribution in [0.3, 0.4) is 0 Å². The summed E-state index contributed by atoms with van der Waals surface area (Å²) in [7, 11) is 0. The highest BCUT2D eigenvalue weighted by Crippen LogP contribution is 2.44. The van der Waals surface area contributed by atoms with Gasteiger partial charge in [0.05, 0.1) is 0 Å². The fraction of sp³-hybridized carbons (Fsp3) is 0.824. The van der Waals surface area contributed by atoms with Crippen molar-refractivity contribution in [2.45, 2.75) is 58.8 Å². The third-order valence-corrected chi connectivity index (χ3v) is 5.00. The van der Waals surface area contributed by atoms with Gasteiger partial charge < -0.3 is 5.32 Å². The Hall–Kier alpha value is -0.790.